The van der Waals surface area contributed by atoms with Crippen molar-refractivity contribution in [2.45, 2.75) is 73.3 Å². The number of rotatable bonds is 14. The zero-order valence-corrected chi connectivity index (χ0v) is 20.0. The van der Waals surface area contributed by atoms with Crippen LogP contribution in [0, 0.1) is 5.82 Å². The predicted octanol–water partition coefficient (Wildman–Crippen LogP) is 6.55. The normalized spacial score (nSPS) is 12.8. The number of hydrogen-bond donors (Lipinski definition) is 0. The fourth-order valence-electron chi connectivity index (χ4n) is 3.60. The molecule has 0 aromatic heterocycles. The molecule has 31 heavy (non-hydrogen) atoms. The van der Waals surface area contributed by atoms with Gasteiger partial charge in [0.15, 0.2) is 0 Å². The molecule has 0 fully saturated rings. The van der Waals surface area contributed by atoms with Gasteiger partial charge in [0.2, 0.25) is 0 Å². The molecule has 1 aromatic rings. The van der Waals surface area contributed by atoms with Gasteiger partial charge in [0.1, 0.15) is 12.2 Å². The molecule has 0 atom stereocenters. The fraction of sp³-hybridized carbons (Fsp3) is 0.500. The van der Waals surface area contributed by atoms with Crippen molar-refractivity contribution in [2.24, 2.45) is 15.2 Å². The van der Waals surface area contributed by atoms with E-state index in [9.17, 15) is 4.39 Å². The summed E-state index contributed by atoms with van der Waals surface area (Å²) in [6.45, 7) is 15.7. The standard InChI is InChI=1S/C26H39FN4/c1-7-12-23-14-15-26(27)25(24(23)13-8-2)19-31(20-30-28-6)18-22(11-5)21(10-4)17-29-16-9-3/h10-11,14-15,17,20H,6-9,12-13,16,18-19H2,1-5H3/b21-10+,22-11+,29-17?,30-20-. The van der Waals surface area contributed by atoms with Crippen molar-refractivity contribution in [3.05, 3.63) is 57.9 Å². The van der Waals surface area contributed by atoms with Gasteiger partial charge in [0.05, 0.1) is 0 Å². The van der Waals surface area contributed by atoms with E-state index in [1.807, 2.05) is 31.0 Å². The van der Waals surface area contributed by atoms with Crippen molar-refractivity contribution in [1.82, 2.24) is 4.90 Å². The van der Waals surface area contributed by atoms with Crippen LogP contribution in [-0.4, -0.2) is 37.3 Å². The number of nitrogens with zero attached hydrogens (tertiary/aromatic N) is 4. The lowest BCUT2D eigenvalue weighted by Gasteiger charge is -2.24. The average molecular weight is 427 g/mol. The summed E-state index contributed by atoms with van der Waals surface area (Å²) in [5.74, 6) is -0.161. The highest BCUT2D eigenvalue weighted by molar-refractivity contribution is 5.84. The van der Waals surface area contributed by atoms with Gasteiger partial charge in [-0.1, -0.05) is 51.8 Å². The summed E-state index contributed by atoms with van der Waals surface area (Å²) in [6, 6.07) is 3.54. The first-order valence-electron chi connectivity index (χ1n) is 11.4. The Morgan fingerprint density at radius 3 is 2.35 bits per heavy atom. The third-order valence-electron chi connectivity index (χ3n) is 5.13. The van der Waals surface area contributed by atoms with Crippen LogP contribution in [0.15, 0.2) is 50.6 Å². The second-order valence-corrected chi connectivity index (χ2v) is 7.53. The Labute approximate surface area is 188 Å². The van der Waals surface area contributed by atoms with Gasteiger partial charge in [-0.05, 0) is 61.4 Å². The van der Waals surface area contributed by atoms with Crippen LogP contribution >= 0.6 is 0 Å². The Morgan fingerprint density at radius 2 is 1.77 bits per heavy atom. The van der Waals surface area contributed by atoms with Crippen LogP contribution in [0.1, 0.15) is 70.6 Å². The number of benzene rings is 1. The minimum absolute atomic E-state index is 0.161. The zero-order valence-electron chi connectivity index (χ0n) is 20.0. The minimum atomic E-state index is -0.161. The molecule has 0 aliphatic carbocycles. The lowest BCUT2D eigenvalue weighted by Crippen LogP contribution is -2.26. The third kappa shape index (κ3) is 8.60. The highest BCUT2D eigenvalue weighted by Gasteiger charge is 2.16. The molecular formula is C26H39FN4. The average Bonchev–Trinajstić information content (AvgIpc) is 2.77. The van der Waals surface area contributed by atoms with Gasteiger partial charge >= 0.3 is 0 Å². The van der Waals surface area contributed by atoms with Crippen molar-refractivity contribution >= 4 is 19.3 Å². The van der Waals surface area contributed by atoms with Gasteiger partial charge < -0.3 is 4.90 Å². The minimum Gasteiger partial charge on any atom is -0.352 e. The molecular weight excluding hydrogens is 387 g/mol. The van der Waals surface area contributed by atoms with Crippen molar-refractivity contribution in [3.63, 3.8) is 0 Å². The second kappa shape index (κ2) is 15.3. The van der Waals surface area contributed by atoms with Gasteiger partial charge in [0, 0.05) is 38.1 Å². The van der Waals surface area contributed by atoms with Crippen LogP contribution in [0.5, 0.6) is 0 Å². The van der Waals surface area contributed by atoms with E-state index in [-0.39, 0.29) is 5.82 Å². The highest BCUT2D eigenvalue weighted by atomic mass is 19.1. The van der Waals surface area contributed by atoms with Crippen LogP contribution < -0.4 is 0 Å². The second-order valence-electron chi connectivity index (χ2n) is 7.53. The van der Waals surface area contributed by atoms with Gasteiger partial charge in [-0.3, -0.25) is 4.99 Å². The first-order chi connectivity index (χ1) is 15.1. The maximum atomic E-state index is 15.0. The summed E-state index contributed by atoms with van der Waals surface area (Å²) >= 11 is 0. The van der Waals surface area contributed by atoms with E-state index in [1.54, 1.807) is 12.4 Å². The number of allylic oxidation sites excluding steroid dienone is 2. The van der Waals surface area contributed by atoms with Gasteiger partial charge in [-0.25, -0.2) is 4.39 Å². The van der Waals surface area contributed by atoms with Crippen molar-refractivity contribution in [3.8, 4) is 0 Å². The molecule has 0 amide bonds. The molecule has 0 unspecified atom stereocenters. The van der Waals surface area contributed by atoms with Gasteiger partial charge in [-0.2, -0.15) is 5.10 Å². The van der Waals surface area contributed by atoms with E-state index < -0.39 is 0 Å². The molecule has 0 heterocycles. The summed E-state index contributed by atoms with van der Waals surface area (Å²) in [6.07, 6.45) is 12.6. The maximum absolute atomic E-state index is 15.0. The van der Waals surface area contributed by atoms with E-state index in [4.69, 9.17) is 0 Å². The quantitative estimate of drug-likeness (QED) is 0.144. The molecule has 0 aliphatic rings. The largest absolute Gasteiger partial charge is 0.352 e. The van der Waals surface area contributed by atoms with E-state index in [1.165, 1.54) is 5.56 Å². The van der Waals surface area contributed by atoms with Crippen LogP contribution in [-0.2, 0) is 19.4 Å². The monoisotopic (exact) mass is 426 g/mol. The molecule has 0 radical (unpaired) electrons. The van der Waals surface area contributed by atoms with Crippen LogP contribution in [0.4, 0.5) is 4.39 Å². The molecule has 0 saturated heterocycles. The molecule has 0 saturated carbocycles. The molecule has 5 heteroatoms. The molecule has 1 aromatic carbocycles. The number of aryl methyl sites for hydroxylation is 1. The Kier molecular flexibility index (Phi) is 13.0. The van der Waals surface area contributed by atoms with Crippen LogP contribution in [0.3, 0.4) is 0 Å². The topological polar surface area (TPSA) is 40.3 Å². The summed E-state index contributed by atoms with van der Waals surface area (Å²) < 4.78 is 15.0. The lowest BCUT2D eigenvalue weighted by molar-refractivity contribution is 0.443. The molecule has 4 nitrogen and oxygen atoms in total. The summed E-state index contributed by atoms with van der Waals surface area (Å²) in [4.78, 5) is 6.49. The maximum Gasteiger partial charge on any atom is 0.128 e. The number of hydrogen-bond acceptors (Lipinski definition) is 3. The van der Waals surface area contributed by atoms with Crippen molar-refractivity contribution < 1.29 is 4.39 Å². The van der Waals surface area contributed by atoms with E-state index in [0.29, 0.717) is 13.1 Å². The third-order valence-corrected chi connectivity index (χ3v) is 5.13. The Balaban J connectivity index is 3.28. The van der Waals surface area contributed by atoms with E-state index >= 15 is 0 Å². The van der Waals surface area contributed by atoms with Gasteiger partial charge in [0.25, 0.3) is 0 Å². The first-order valence-corrected chi connectivity index (χ1v) is 11.4. The smallest absolute Gasteiger partial charge is 0.128 e. The van der Waals surface area contributed by atoms with Crippen molar-refractivity contribution in [1.29, 1.82) is 0 Å². The number of aliphatic imine (C=N–C) groups is 1. The summed E-state index contributed by atoms with van der Waals surface area (Å²) in [7, 11) is 0. The molecule has 0 aliphatic heterocycles. The first kappa shape index (κ1) is 26.5. The van der Waals surface area contributed by atoms with Crippen LogP contribution in [0.2, 0.25) is 0 Å². The summed E-state index contributed by atoms with van der Waals surface area (Å²) in [5, 5.41) is 7.62. The summed E-state index contributed by atoms with van der Waals surface area (Å²) in [5.41, 5.74) is 5.30. The molecule has 1 rings (SSSR count). The lowest BCUT2D eigenvalue weighted by atomic mass is 9.93. The van der Waals surface area contributed by atoms with E-state index in [0.717, 1.165) is 60.9 Å². The zero-order chi connectivity index (χ0) is 23.1. The Hall–Kier alpha value is -2.56. The van der Waals surface area contributed by atoms with Crippen LogP contribution in [0.25, 0.3) is 0 Å². The SMILES string of the molecule is C=N/N=C\N(CC(=C\C)/C(C=NCCC)=C/C)Cc1c(F)ccc(CCC)c1CCC. The molecule has 0 N–H and O–H groups in total. The molecule has 0 bridgehead atoms. The Morgan fingerprint density at radius 1 is 1.03 bits per heavy atom. The number of halogens is 1. The predicted molar refractivity (Wildman–Crippen MR) is 134 cm³/mol. The van der Waals surface area contributed by atoms with Gasteiger partial charge in [-0.15, -0.1) is 5.10 Å². The highest BCUT2D eigenvalue weighted by Crippen LogP contribution is 2.24. The van der Waals surface area contributed by atoms with Crippen molar-refractivity contribution in [2.75, 3.05) is 13.1 Å². The fourth-order valence-corrected chi connectivity index (χ4v) is 3.60. The molecule has 170 valence electrons. The Bertz CT molecular complexity index is 806. The van der Waals surface area contributed by atoms with E-state index in [2.05, 4.69) is 54.8 Å². The molecule has 0 spiro atoms.